The SMILES string of the molecule is CCCC(O)C1C(=O)NCCC12CCN(Cc1ccccc1)CC2. The fraction of sp³-hybridized carbons (Fsp3) is 0.650. The van der Waals surface area contributed by atoms with Crippen LogP contribution in [0.25, 0.3) is 0 Å². The van der Waals surface area contributed by atoms with Gasteiger partial charge in [-0.15, -0.1) is 0 Å². The van der Waals surface area contributed by atoms with Gasteiger partial charge in [0.1, 0.15) is 0 Å². The van der Waals surface area contributed by atoms with E-state index in [0.717, 1.165) is 51.9 Å². The minimum absolute atomic E-state index is 0.00981. The summed E-state index contributed by atoms with van der Waals surface area (Å²) < 4.78 is 0. The van der Waals surface area contributed by atoms with E-state index in [1.807, 2.05) is 0 Å². The van der Waals surface area contributed by atoms with Gasteiger partial charge in [-0.1, -0.05) is 43.7 Å². The molecule has 3 rings (SSSR count). The normalized spacial score (nSPS) is 25.4. The highest BCUT2D eigenvalue weighted by molar-refractivity contribution is 5.81. The molecule has 1 spiro atoms. The Bertz CT molecular complexity index is 538. The number of benzene rings is 1. The van der Waals surface area contributed by atoms with E-state index in [1.165, 1.54) is 5.56 Å². The summed E-state index contributed by atoms with van der Waals surface area (Å²) in [6.07, 6.45) is 4.16. The molecule has 2 aliphatic heterocycles. The van der Waals surface area contributed by atoms with Crippen molar-refractivity contribution in [2.75, 3.05) is 19.6 Å². The zero-order valence-electron chi connectivity index (χ0n) is 14.7. The first kappa shape index (κ1) is 17.4. The number of hydrogen-bond donors (Lipinski definition) is 2. The summed E-state index contributed by atoms with van der Waals surface area (Å²) in [4.78, 5) is 15.0. The molecule has 2 N–H and O–H groups in total. The molecule has 0 bridgehead atoms. The predicted octanol–water partition coefficient (Wildman–Crippen LogP) is 2.57. The summed E-state index contributed by atoms with van der Waals surface area (Å²) in [5.41, 5.74) is 1.34. The number of likely N-dealkylation sites (tertiary alicyclic amines) is 1. The predicted molar refractivity (Wildman–Crippen MR) is 95.4 cm³/mol. The molecule has 2 heterocycles. The molecule has 132 valence electrons. The van der Waals surface area contributed by atoms with Crippen LogP contribution in [0, 0.1) is 11.3 Å². The number of piperidine rings is 2. The summed E-state index contributed by atoms with van der Waals surface area (Å²) in [7, 11) is 0. The fourth-order valence-electron chi connectivity index (χ4n) is 4.58. The molecular formula is C20H30N2O2. The number of amides is 1. The third-order valence-corrected chi connectivity index (χ3v) is 5.93. The number of nitrogens with zero attached hydrogens (tertiary/aromatic N) is 1. The molecule has 0 aliphatic carbocycles. The number of carbonyl (C=O) groups excluding carboxylic acids is 1. The molecule has 2 saturated heterocycles. The van der Waals surface area contributed by atoms with Gasteiger partial charge in [0.25, 0.3) is 0 Å². The van der Waals surface area contributed by atoms with Crippen molar-refractivity contribution in [3.8, 4) is 0 Å². The lowest BCUT2D eigenvalue weighted by Crippen LogP contribution is -2.57. The van der Waals surface area contributed by atoms with E-state index in [9.17, 15) is 9.90 Å². The largest absolute Gasteiger partial charge is 0.392 e. The second-order valence-corrected chi connectivity index (χ2v) is 7.50. The molecule has 2 unspecified atom stereocenters. The van der Waals surface area contributed by atoms with Crippen LogP contribution in [0.2, 0.25) is 0 Å². The molecule has 1 aromatic carbocycles. The average molecular weight is 330 g/mol. The first-order chi connectivity index (χ1) is 11.6. The summed E-state index contributed by atoms with van der Waals surface area (Å²) in [5.74, 6) is -0.163. The Morgan fingerprint density at radius 1 is 1.25 bits per heavy atom. The Hall–Kier alpha value is -1.39. The van der Waals surface area contributed by atoms with Crippen LogP contribution in [0.3, 0.4) is 0 Å². The van der Waals surface area contributed by atoms with Gasteiger partial charge in [-0.3, -0.25) is 9.69 Å². The van der Waals surface area contributed by atoms with Crippen molar-refractivity contribution in [1.29, 1.82) is 0 Å². The van der Waals surface area contributed by atoms with Crippen LogP contribution in [0.4, 0.5) is 0 Å². The van der Waals surface area contributed by atoms with Crippen LogP contribution < -0.4 is 5.32 Å². The van der Waals surface area contributed by atoms with Gasteiger partial charge in [0.05, 0.1) is 12.0 Å². The van der Waals surface area contributed by atoms with E-state index in [2.05, 4.69) is 47.5 Å². The number of aliphatic hydroxyl groups is 1. The van der Waals surface area contributed by atoms with E-state index in [0.29, 0.717) is 6.42 Å². The lowest BCUT2D eigenvalue weighted by molar-refractivity contribution is -0.143. The monoisotopic (exact) mass is 330 g/mol. The molecule has 24 heavy (non-hydrogen) atoms. The van der Waals surface area contributed by atoms with Gasteiger partial charge >= 0.3 is 0 Å². The highest BCUT2D eigenvalue weighted by Gasteiger charge is 2.49. The van der Waals surface area contributed by atoms with Crippen molar-refractivity contribution in [3.05, 3.63) is 35.9 Å². The third-order valence-electron chi connectivity index (χ3n) is 5.93. The molecule has 2 fully saturated rings. The Morgan fingerprint density at radius 2 is 1.96 bits per heavy atom. The lowest BCUT2D eigenvalue weighted by atomic mass is 9.62. The summed E-state index contributed by atoms with van der Waals surface area (Å²) in [6.45, 7) is 5.83. The van der Waals surface area contributed by atoms with Gasteiger partial charge in [-0.25, -0.2) is 0 Å². The van der Waals surface area contributed by atoms with Crippen LogP contribution in [0.5, 0.6) is 0 Å². The zero-order chi connectivity index (χ0) is 17.0. The maximum absolute atomic E-state index is 12.5. The highest BCUT2D eigenvalue weighted by atomic mass is 16.3. The highest BCUT2D eigenvalue weighted by Crippen LogP contribution is 2.46. The van der Waals surface area contributed by atoms with Gasteiger partial charge in [0.2, 0.25) is 5.91 Å². The first-order valence-electron chi connectivity index (χ1n) is 9.37. The number of hydrogen-bond acceptors (Lipinski definition) is 3. The molecule has 2 atom stereocenters. The second-order valence-electron chi connectivity index (χ2n) is 7.50. The number of carbonyl (C=O) groups is 1. The van der Waals surface area contributed by atoms with Crippen molar-refractivity contribution >= 4 is 5.91 Å². The van der Waals surface area contributed by atoms with Crippen LogP contribution in [-0.2, 0) is 11.3 Å². The van der Waals surface area contributed by atoms with Crippen LogP contribution >= 0.6 is 0 Å². The summed E-state index contributed by atoms with van der Waals surface area (Å²) >= 11 is 0. The molecule has 0 radical (unpaired) electrons. The zero-order valence-corrected chi connectivity index (χ0v) is 14.7. The average Bonchev–Trinajstić information content (AvgIpc) is 2.58. The maximum Gasteiger partial charge on any atom is 0.226 e. The minimum Gasteiger partial charge on any atom is -0.392 e. The Morgan fingerprint density at radius 3 is 2.62 bits per heavy atom. The Balaban J connectivity index is 1.66. The molecule has 1 amide bonds. The Labute approximate surface area is 145 Å². The van der Waals surface area contributed by atoms with E-state index in [1.54, 1.807) is 0 Å². The molecule has 0 aromatic heterocycles. The van der Waals surface area contributed by atoms with Crippen molar-refractivity contribution in [1.82, 2.24) is 10.2 Å². The van der Waals surface area contributed by atoms with E-state index in [4.69, 9.17) is 0 Å². The first-order valence-corrected chi connectivity index (χ1v) is 9.37. The van der Waals surface area contributed by atoms with Crippen molar-refractivity contribution in [3.63, 3.8) is 0 Å². The molecule has 0 saturated carbocycles. The van der Waals surface area contributed by atoms with Gasteiger partial charge in [0, 0.05) is 13.1 Å². The van der Waals surface area contributed by atoms with E-state index in [-0.39, 0.29) is 17.2 Å². The van der Waals surface area contributed by atoms with Crippen LogP contribution in [0.15, 0.2) is 30.3 Å². The number of nitrogens with one attached hydrogen (secondary N) is 1. The van der Waals surface area contributed by atoms with Crippen LogP contribution in [-0.4, -0.2) is 41.7 Å². The second kappa shape index (κ2) is 7.66. The smallest absolute Gasteiger partial charge is 0.226 e. The van der Waals surface area contributed by atoms with Crippen molar-refractivity contribution in [2.24, 2.45) is 11.3 Å². The Kier molecular flexibility index (Phi) is 5.57. The van der Waals surface area contributed by atoms with Gasteiger partial charge < -0.3 is 10.4 Å². The van der Waals surface area contributed by atoms with Gasteiger partial charge in [-0.2, -0.15) is 0 Å². The fourth-order valence-corrected chi connectivity index (χ4v) is 4.58. The van der Waals surface area contributed by atoms with E-state index >= 15 is 0 Å². The topological polar surface area (TPSA) is 52.6 Å². The minimum atomic E-state index is -0.504. The molecule has 4 nitrogen and oxygen atoms in total. The maximum atomic E-state index is 12.5. The summed E-state index contributed by atoms with van der Waals surface area (Å²) in [6, 6.07) is 10.6. The third kappa shape index (κ3) is 3.65. The van der Waals surface area contributed by atoms with E-state index < -0.39 is 6.10 Å². The van der Waals surface area contributed by atoms with Crippen molar-refractivity contribution in [2.45, 2.75) is 51.7 Å². The van der Waals surface area contributed by atoms with Crippen LogP contribution in [0.1, 0.15) is 44.6 Å². The van der Waals surface area contributed by atoms with Gasteiger partial charge in [-0.05, 0) is 49.8 Å². The standard InChI is InChI=1S/C20H30N2O2/c1-2-6-17(23)18-19(24)21-12-9-20(18)10-13-22(14-11-20)15-16-7-4-3-5-8-16/h3-5,7-8,17-18,23H,2,6,9-15H2,1H3,(H,21,24). The lowest BCUT2D eigenvalue weighted by Gasteiger charge is -2.50. The van der Waals surface area contributed by atoms with Gasteiger partial charge in [0.15, 0.2) is 0 Å². The number of aliphatic hydroxyl groups excluding tert-OH is 1. The quantitative estimate of drug-likeness (QED) is 0.872. The molecule has 2 aliphatic rings. The molecular weight excluding hydrogens is 300 g/mol. The molecule has 4 heteroatoms. The number of rotatable bonds is 5. The van der Waals surface area contributed by atoms with Crippen molar-refractivity contribution < 1.29 is 9.90 Å². The molecule has 1 aromatic rings. The summed E-state index contributed by atoms with van der Waals surface area (Å²) in [5, 5.41) is 13.6.